The Kier molecular flexibility index (Phi) is 7.30. The lowest BCUT2D eigenvalue weighted by Gasteiger charge is -2.31. The van der Waals surface area contributed by atoms with Gasteiger partial charge in [0.05, 0.1) is 6.04 Å². The highest BCUT2D eigenvalue weighted by Crippen LogP contribution is 2.29. The monoisotopic (exact) mass is 358 g/mol. The molecule has 2 aliphatic heterocycles. The van der Waals surface area contributed by atoms with E-state index in [9.17, 15) is 4.79 Å². The van der Waals surface area contributed by atoms with E-state index in [-0.39, 0.29) is 12.1 Å². The van der Waals surface area contributed by atoms with Gasteiger partial charge in [0.25, 0.3) is 0 Å². The molecule has 1 unspecified atom stereocenters. The Balaban J connectivity index is 1.47. The summed E-state index contributed by atoms with van der Waals surface area (Å²) < 4.78 is 0. The number of urea groups is 1. The van der Waals surface area contributed by atoms with Gasteiger partial charge in [-0.05, 0) is 75.4 Å². The zero-order valence-corrected chi connectivity index (χ0v) is 16.2. The molecular formula is C21H34N4O. The second kappa shape index (κ2) is 9.91. The number of amides is 2. The number of aromatic nitrogens is 1. The first kappa shape index (κ1) is 19.2. The van der Waals surface area contributed by atoms with Gasteiger partial charge in [0.15, 0.2) is 0 Å². The number of hydrogen-bond donors (Lipinski definition) is 1. The van der Waals surface area contributed by atoms with Gasteiger partial charge < -0.3 is 15.1 Å². The van der Waals surface area contributed by atoms with Crippen LogP contribution in [0.15, 0.2) is 24.5 Å². The van der Waals surface area contributed by atoms with Crippen molar-refractivity contribution in [3.05, 3.63) is 30.1 Å². The number of carbonyl (C=O) groups is 1. The standard InChI is InChI=1S/C21H34N4O/c1-18-9-16-24(17-10-18)14-5-11-23-21(26)25-15-4-2-3-6-20(25)19-7-12-22-13-8-19/h7-8,12-13,18,20H,2-6,9-11,14-17H2,1H3,(H,23,26). The van der Waals surface area contributed by atoms with Crippen molar-refractivity contribution in [2.75, 3.05) is 32.7 Å². The van der Waals surface area contributed by atoms with E-state index in [0.717, 1.165) is 44.8 Å². The van der Waals surface area contributed by atoms with Crippen LogP contribution in [-0.4, -0.2) is 53.5 Å². The van der Waals surface area contributed by atoms with E-state index in [0.29, 0.717) is 0 Å². The number of likely N-dealkylation sites (tertiary alicyclic amines) is 2. The van der Waals surface area contributed by atoms with Crippen molar-refractivity contribution in [3.63, 3.8) is 0 Å². The molecule has 2 aliphatic rings. The molecule has 1 aromatic rings. The van der Waals surface area contributed by atoms with Gasteiger partial charge in [-0.1, -0.05) is 19.8 Å². The number of hydrogen-bond acceptors (Lipinski definition) is 3. The topological polar surface area (TPSA) is 48.5 Å². The second-order valence-electron chi connectivity index (χ2n) is 7.95. The fraction of sp³-hybridized carbons (Fsp3) is 0.714. The van der Waals surface area contributed by atoms with Gasteiger partial charge in [-0.15, -0.1) is 0 Å². The van der Waals surface area contributed by atoms with Crippen molar-refractivity contribution in [2.24, 2.45) is 5.92 Å². The first-order chi connectivity index (χ1) is 12.7. The highest BCUT2D eigenvalue weighted by Gasteiger charge is 2.26. The van der Waals surface area contributed by atoms with E-state index in [2.05, 4.69) is 22.1 Å². The van der Waals surface area contributed by atoms with Crippen molar-refractivity contribution < 1.29 is 4.79 Å². The molecule has 26 heavy (non-hydrogen) atoms. The summed E-state index contributed by atoms with van der Waals surface area (Å²) >= 11 is 0. The molecule has 0 saturated carbocycles. The number of nitrogens with zero attached hydrogens (tertiary/aromatic N) is 3. The normalized spacial score (nSPS) is 22.8. The van der Waals surface area contributed by atoms with E-state index < -0.39 is 0 Å². The van der Waals surface area contributed by atoms with Crippen LogP contribution in [0.4, 0.5) is 4.79 Å². The quantitative estimate of drug-likeness (QED) is 0.814. The molecule has 0 radical (unpaired) electrons. The summed E-state index contributed by atoms with van der Waals surface area (Å²) in [6, 6.07) is 4.38. The fourth-order valence-corrected chi connectivity index (χ4v) is 4.17. The molecule has 3 rings (SSSR count). The number of piperidine rings is 1. The largest absolute Gasteiger partial charge is 0.338 e. The number of nitrogens with one attached hydrogen (secondary N) is 1. The minimum atomic E-state index is 0.0981. The van der Waals surface area contributed by atoms with E-state index in [1.807, 2.05) is 29.4 Å². The Morgan fingerprint density at radius 3 is 2.65 bits per heavy atom. The number of carbonyl (C=O) groups excluding carboxylic acids is 1. The average molecular weight is 359 g/mol. The van der Waals surface area contributed by atoms with Crippen molar-refractivity contribution in [3.8, 4) is 0 Å². The third-order valence-electron chi connectivity index (χ3n) is 5.91. The van der Waals surface area contributed by atoms with Crippen LogP contribution in [0.25, 0.3) is 0 Å². The Bertz CT molecular complexity index is 542. The van der Waals surface area contributed by atoms with E-state index >= 15 is 0 Å². The third kappa shape index (κ3) is 5.44. The minimum Gasteiger partial charge on any atom is -0.338 e. The van der Waals surface area contributed by atoms with Crippen molar-refractivity contribution in [1.82, 2.24) is 20.1 Å². The van der Waals surface area contributed by atoms with E-state index in [4.69, 9.17) is 0 Å². The molecule has 0 aliphatic carbocycles. The van der Waals surface area contributed by atoms with Crippen LogP contribution in [0.1, 0.15) is 63.5 Å². The zero-order chi connectivity index (χ0) is 18.2. The summed E-state index contributed by atoms with van der Waals surface area (Å²) in [5, 5.41) is 3.17. The number of rotatable bonds is 5. The summed E-state index contributed by atoms with van der Waals surface area (Å²) in [6.45, 7) is 7.49. The van der Waals surface area contributed by atoms with Crippen LogP contribution in [0, 0.1) is 5.92 Å². The Morgan fingerprint density at radius 2 is 1.88 bits per heavy atom. The maximum atomic E-state index is 12.8. The predicted molar refractivity (Wildman–Crippen MR) is 105 cm³/mol. The second-order valence-corrected chi connectivity index (χ2v) is 7.95. The predicted octanol–water partition coefficient (Wildman–Crippen LogP) is 3.83. The van der Waals surface area contributed by atoms with E-state index in [1.54, 1.807) is 0 Å². The van der Waals surface area contributed by atoms with Gasteiger partial charge in [0.1, 0.15) is 0 Å². The molecule has 1 atom stereocenters. The first-order valence-corrected chi connectivity index (χ1v) is 10.4. The molecule has 0 spiro atoms. The third-order valence-corrected chi connectivity index (χ3v) is 5.91. The van der Waals surface area contributed by atoms with Crippen LogP contribution in [0.5, 0.6) is 0 Å². The van der Waals surface area contributed by atoms with Gasteiger partial charge in [-0.3, -0.25) is 4.98 Å². The average Bonchev–Trinajstić information content (AvgIpc) is 2.93. The molecule has 2 fully saturated rings. The maximum absolute atomic E-state index is 12.8. The molecule has 1 aromatic heterocycles. The first-order valence-electron chi connectivity index (χ1n) is 10.4. The molecule has 3 heterocycles. The van der Waals surface area contributed by atoms with Crippen LogP contribution in [0.3, 0.4) is 0 Å². The summed E-state index contributed by atoms with van der Waals surface area (Å²) in [6.07, 6.45) is 11.9. The van der Waals surface area contributed by atoms with Crippen LogP contribution >= 0.6 is 0 Å². The molecule has 5 nitrogen and oxygen atoms in total. The van der Waals surface area contributed by atoms with Gasteiger partial charge in [-0.2, -0.15) is 0 Å². The molecule has 0 bridgehead atoms. The molecule has 5 heteroatoms. The molecule has 2 saturated heterocycles. The molecule has 0 aromatic carbocycles. The van der Waals surface area contributed by atoms with Gasteiger partial charge in [0, 0.05) is 25.5 Å². The molecule has 1 N–H and O–H groups in total. The maximum Gasteiger partial charge on any atom is 0.317 e. The van der Waals surface area contributed by atoms with Gasteiger partial charge in [0.2, 0.25) is 0 Å². The lowest BCUT2D eigenvalue weighted by molar-refractivity contribution is 0.172. The smallest absolute Gasteiger partial charge is 0.317 e. The van der Waals surface area contributed by atoms with Crippen molar-refractivity contribution >= 4 is 6.03 Å². The summed E-state index contributed by atoms with van der Waals surface area (Å²) in [5.74, 6) is 0.874. The van der Waals surface area contributed by atoms with E-state index in [1.165, 1.54) is 44.3 Å². The Labute approximate surface area is 158 Å². The molecular weight excluding hydrogens is 324 g/mol. The Hall–Kier alpha value is -1.62. The van der Waals surface area contributed by atoms with Crippen LogP contribution in [-0.2, 0) is 0 Å². The lowest BCUT2D eigenvalue weighted by atomic mass is 9.99. The summed E-state index contributed by atoms with van der Waals surface area (Å²) in [4.78, 5) is 21.5. The highest BCUT2D eigenvalue weighted by molar-refractivity contribution is 5.74. The van der Waals surface area contributed by atoms with Crippen molar-refractivity contribution in [2.45, 2.75) is 57.9 Å². The minimum absolute atomic E-state index is 0.0981. The Morgan fingerprint density at radius 1 is 1.12 bits per heavy atom. The molecule has 144 valence electrons. The molecule has 2 amide bonds. The lowest BCUT2D eigenvalue weighted by Crippen LogP contribution is -2.43. The van der Waals surface area contributed by atoms with Crippen molar-refractivity contribution in [1.29, 1.82) is 0 Å². The highest BCUT2D eigenvalue weighted by atomic mass is 16.2. The fourth-order valence-electron chi connectivity index (χ4n) is 4.17. The van der Waals surface area contributed by atoms with Gasteiger partial charge in [-0.25, -0.2) is 4.79 Å². The summed E-state index contributed by atoms with van der Waals surface area (Å²) in [5.41, 5.74) is 1.21. The van der Waals surface area contributed by atoms with Crippen LogP contribution in [0.2, 0.25) is 0 Å². The zero-order valence-electron chi connectivity index (χ0n) is 16.2. The summed E-state index contributed by atoms with van der Waals surface area (Å²) in [7, 11) is 0. The van der Waals surface area contributed by atoms with Gasteiger partial charge >= 0.3 is 6.03 Å². The number of pyridine rings is 1. The van der Waals surface area contributed by atoms with Crippen LogP contribution < -0.4 is 5.32 Å². The SMILES string of the molecule is CC1CCN(CCCNC(=O)N2CCCCCC2c2ccncc2)CC1.